The Labute approximate surface area is 179 Å². The molecule has 3 rings (SSSR count). The first-order valence-electron chi connectivity index (χ1n) is 11.0. The number of carbonyl (C=O) groups excluding carboxylic acids is 1. The van der Waals surface area contributed by atoms with Crippen molar-refractivity contribution < 1.29 is 9.53 Å². The highest BCUT2D eigenvalue weighted by Crippen LogP contribution is 2.19. The molecule has 1 N–H and O–H groups in total. The fourth-order valence-corrected chi connectivity index (χ4v) is 3.77. The Kier molecular flexibility index (Phi) is 7.89. The van der Waals surface area contributed by atoms with E-state index in [4.69, 9.17) is 9.72 Å². The van der Waals surface area contributed by atoms with Crippen molar-refractivity contribution in [3.8, 4) is 5.75 Å². The Balaban J connectivity index is 1.55. The lowest BCUT2D eigenvalue weighted by molar-refractivity contribution is -0.121. The van der Waals surface area contributed by atoms with E-state index in [1.807, 2.05) is 19.1 Å². The highest BCUT2D eigenvalue weighted by molar-refractivity contribution is 5.76. The summed E-state index contributed by atoms with van der Waals surface area (Å²) in [6.07, 6.45) is 4.18. The number of nitrogens with one attached hydrogen (secondary N) is 1. The number of amides is 1. The molecule has 2 aromatic carbocycles. The topological polar surface area (TPSA) is 56.2 Å². The fourth-order valence-electron chi connectivity index (χ4n) is 3.77. The summed E-state index contributed by atoms with van der Waals surface area (Å²) < 4.78 is 8.24. The van der Waals surface area contributed by atoms with E-state index in [-0.39, 0.29) is 5.91 Å². The average Bonchev–Trinajstić information content (AvgIpc) is 3.05. The van der Waals surface area contributed by atoms with Gasteiger partial charge in [-0.05, 0) is 68.5 Å². The van der Waals surface area contributed by atoms with Crippen LogP contribution < -0.4 is 10.1 Å². The second-order valence-electron chi connectivity index (χ2n) is 7.90. The van der Waals surface area contributed by atoms with Crippen molar-refractivity contribution in [2.24, 2.45) is 0 Å². The number of nitrogens with zero attached hydrogens (tertiary/aromatic N) is 2. The number of hydrogen-bond acceptors (Lipinski definition) is 3. The number of ether oxygens (including phenoxy) is 1. The van der Waals surface area contributed by atoms with Crippen molar-refractivity contribution in [2.45, 2.75) is 59.4 Å². The molecule has 0 aliphatic heterocycles. The summed E-state index contributed by atoms with van der Waals surface area (Å²) in [7, 11) is 0. The van der Waals surface area contributed by atoms with E-state index >= 15 is 0 Å². The van der Waals surface area contributed by atoms with E-state index < -0.39 is 0 Å². The molecule has 5 nitrogen and oxygen atoms in total. The monoisotopic (exact) mass is 407 g/mol. The molecule has 1 heterocycles. The molecule has 30 heavy (non-hydrogen) atoms. The van der Waals surface area contributed by atoms with Crippen molar-refractivity contribution in [1.82, 2.24) is 14.9 Å². The van der Waals surface area contributed by atoms with Gasteiger partial charge in [-0.1, -0.05) is 25.1 Å². The third kappa shape index (κ3) is 6.09. The molecule has 0 saturated carbocycles. The molecule has 1 amide bonds. The van der Waals surface area contributed by atoms with E-state index in [0.717, 1.165) is 54.8 Å². The van der Waals surface area contributed by atoms with Crippen molar-refractivity contribution >= 4 is 16.9 Å². The van der Waals surface area contributed by atoms with Crippen molar-refractivity contribution in [3.63, 3.8) is 0 Å². The van der Waals surface area contributed by atoms with Gasteiger partial charge in [-0.15, -0.1) is 0 Å². The minimum atomic E-state index is 0.115. The average molecular weight is 408 g/mol. The molecular formula is C25H33N3O2. The third-order valence-electron chi connectivity index (χ3n) is 5.12. The van der Waals surface area contributed by atoms with Gasteiger partial charge in [0.15, 0.2) is 0 Å². The fraction of sp³-hybridized carbons (Fsp3) is 0.440. The molecule has 0 atom stereocenters. The minimum Gasteiger partial charge on any atom is -0.494 e. The number of hydrogen-bond donors (Lipinski definition) is 1. The lowest BCUT2D eigenvalue weighted by Gasteiger charge is -2.11. The number of carbonyl (C=O) groups is 1. The molecule has 0 aliphatic carbocycles. The molecule has 0 radical (unpaired) electrons. The molecule has 1 aromatic heterocycles. The number of aryl methyl sites for hydroxylation is 3. The summed E-state index contributed by atoms with van der Waals surface area (Å²) in [5, 5.41) is 2.99. The van der Waals surface area contributed by atoms with Crippen LogP contribution in [-0.2, 0) is 17.8 Å². The number of benzene rings is 2. The van der Waals surface area contributed by atoms with Crippen LogP contribution in [0.2, 0.25) is 0 Å². The molecule has 0 bridgehead atoms. The maximum atomic E-state index is 11.7. The van der Waals surface area contributed by atoms with Crippen LogP contribution in [0.1, 0.15) is 49.6 Å². The molecule has 0 unspecified atom stereocenters. The number of rotatable bonds is 11. The summed E-state index contributed by atoms with van der Waals surface area (Å²) in [6.45, 7) is 8.43. The van der Waals surface area contributed by atoms with Crippen LogP contribution in [0.3, 0.4) is 0 Å². The van der Waals surface area contributed by atoms with Gasteiger partial charge in [0.25, 0.3) is 0 Å². The third-order valence-corrected chi connectivity index (χ3v) is 5.12. The minimum absolute atomic E-state index is 0.115. The van der Waals surface area contributed by atoms with E-state index in [1.54, 1.807) is 0 Å². The Morgan fingerprint density at radius 3 is 2.63 bits per heavy atom. The standard InChI is InChI=1S/C25H33N3O2/c1-4-9-25(29)26-13-12-24-27-22-10-5-6-11-23(22)28(24)14-7-8-15-30-21-17-19(2)16-20(3)18-21/h5-6,10-11,16-18H,4,7-9,12-15H2,1-3H3,(H,26,29). The maximum Gasteiger partial charge on any atom is 0.219 e. The molecule has 0 spiro atoms. The quantitative estimate of drug-likeness (QED) is 0.457. The van der Waals surface area contributed by atoms with Gasteiger partial charge in [-0.25, -0.2) is 4.98 Å². The Hall–Kier alpha value is -2.82. The first kappa shape index (κ1) is 21.9. The lowest BCUT2D eigenvalue weighted by atomic mass is 10.1. The Morgan fingerprint density at radius 2 is 1.87 bits per heavy atom. The zero-order valence-corrected chi connectivity index (χ0v) is 18.4. The molecule has 160 valence electrons. The number of aromatic nitrogens is 2. The highest BCUT2D eigenvalue weighted by atomic mass is 16.5. The van der Waals surface area contributed by atoms with Gasteiger partial charge >= 0.3 is 0 Å². The SMILES string of the molecule is CCCC(=O)NCCc1nc2ccccc2n1CCCCOc1cc(C)cc(C)c1. The van der Waals surface area contributed by atoms with Gasteiger partial charge < -0.3 is 14.6 Å². The largest absolute Gasteiger partial charge is 0.494 e. The van der Waals surface area contributed by atoms with Gasteiger partial charge in [0, 0.05) is 25.9 Å². The molecular weight excluding hydrogens is 374 g/mol. The predicted octanol–water partition coefficient (Wildman–Crippen LogP) is 4.97. The molecule has 0 saturated heterocycles. The summed E-state index contributed by atoms with van der Waals surface area (Å²) >= 11 is 0. The van der Waals surface area contributed by atoms with Gasteiger partial charge in [-0.3, -0.25) is 4.79 Å². The zero-order chi connectivity index (χ0) is 21.3. The summed E-state index contributed by atoms with van der Waals surface area (Å²) in [4.78, 5) is 16.5. The van der Waals surface area contributed by atoms with Crippen LogP contribution in [0.15, 0.2) is 42.5 Å². The van der Waals surface area contributed by atoms with E-state index in [1.165, 1.54) is 11.1 Å². The van der Waals surface area contributed by atoms with Gasteiger partial charge in [0.05, 0.1) is 17.6 Å². The van der Waals surface area contributed by atoms with E-state index in [9.17, 15) is 4.79 Å². The summed E-state index contributed by atoms with van der Waals surface area (Å²) in [5.41, 5.74) is 4.62. The Bertz CT molecular complexity index is 957. The van der Waals surface area contributed by atoms with Gasteiger partial charge in [0.2, 0.25) is 5.91 Å². The van der Waals surface area contributed by atoms with E-state index in [2.05, 4.69) is 54.1 Å². The highest BCUT2D eigenvalue weighted by Gasteiger charge is 2.10. The van der Waals surface area contributed by atoms with E-state index in [0.29, 0.717) is 19.6 Å². The predicted molar refractivity (Wildman–Crippen MR) is 122 cm³/mol. The van der Waals surface area contributed by atoms with Crippen LogP contribution >= 0.6 is 0 Å². The first-order valence-corrected chi connectivity index (χ1v) is 11.0. The van der Waals surface area contributed by atoms with Gasteiger partial charge in [-0.2, -0.15) is 0 Å². The molecule has 0 aliphatic rings. The zero-order valence-electron chi connectivity index (χ0n) is 18.4. The van der Waals surface area contributed by atoms with Crippen molar-refractivity contribution in [3.05, 3.63) is 59.4 Å². The lowest BCUT2D eigenvalue weighted by Crippen LogP contribution is -2.26. The van der Waals surface area contributed by atoms with Gasteiger partial charge in [0.1, 0.15) is 11.6 Å². The number of imidazole rings is 1. The summed E-state index contributed by atoms with van der Waals surface area (Å²) in [6, 6.07) is 14.6. The van der Waals surface area contributed by atoms with Crippen LogP contribution in [-0.4, -0.2) is 28.6 Å². The van der Waals surface area contributed by atoms with Crippen molar-refractivity contribution in [1.29, 1.82) is 0 Å². The maximum absolute atomic E-state index is 11.7. The molecule has 3 aromatic rings. The molecule has 5 heteroatoms. The second-order valence-corrected chi connectivity index (χ2v) is 7.90. The Morgan fingerprint density at radius 1 is 1.10 bits per heavy atom. The number of unbranched alkanes of at least 4 members (excludes halogenated alkanes) is 1. The number of fused-ring (bicyclic) bond motifs is 1. The van der Waals surface area contributed by atoms with Crippen LogP contribution in [0.5, 0.6) is 5.75 Å². The number of para-hydroxylation sites is 2. The van der Waals surface area contributed by atoms with Crippen LogP contribution in [0.4, 0.5) is 0 Å². The van der Waals surface area contributed by atoms with Crippen LogP contribution in [0.25, 0.3) is 11.0 Å². The summed E-state index contributed by atoms with van der Waals surface area (Å²) in [5.74, 6) is 2.09. The smallest absolute Gasteiger partial charge is 0.219 e. The normalized spacial score (nSPS) is 11.0. The second kappa shape index (κ2) is 10.8. The molecule has 0 fully saturated rings. The first-order chi connectivity index (χ1) is 14.6. The van der Waals surface area contributed by atoms with Crippen molar-refractivity contribution in [2.75, 3.05) is 13.2 Å². The van der Waals surface area contributed by atoms with Crippen LogP contribution in [0, 0.1) is 13.8 Å².